The standard InChI is InChI=1S/C12H19N3O2/c1-14-8-11(13-9-14)12(17)15-5-2-3-10(7-15)4-6-16/h8-10,16H,2-7H2,1H3. The number of carbonyl (C=O) groups excluding carboxylic acids is 1. The quantitative estimate of drug-likeness (QED) is 0.840. The van der Waals surface area contributed by atoms with Crippen molar-refractivity contribution in [2.75, 3.05) is 19.7 Å². The number of piperidine rings is 1. The first-order valence-corrected chi connectivity index (χ1v) is 6.09. The van der Waals surface area contributed by atoms with Crippen LogP contribution in [-0.4, -0.2) is 45.2 Å². The smallest absolute Gasteiger partial charge is 0.274 e. The molecule has 0 saturated carbocycles. The van der Waals surface area contributed by atoms with E-state index in [0.717, 1.165) is 32.4 Å². The lowest BCUT2D eigenvalue weighted by molar-refractivity contribution is 0.0648. The zero-order chi connectivity index (χ0) is 12.3. The molecule has 1 atom stereocenters. The van der Waals surface area contributed by atoms with Crippen molar-refractivity contribution in [3.05, 3.63) is 18.2 Å². The van der Waals surface area contributed by atoms with Crippen molar-refractivity contribution in [3.63, 3.8) is 0 Å². The van der Waals surface area contributed by atoms with E-state index in [0.29, 0.717) is 11.6 Å². The van der Waals surface area contributed by atoms with Crippen LogP contribution in [0.15, 0.2) is 12.5 Å². The molecule has 0 aliphatic carbocycles. The molecule has 2 rings (SSSR count). The molecule has 1 aliphatic rings. The third-order valence-electron chi connectivity index (χ3n) is 3.27. The number of aliphatic hydroxyl groups excluding tert-OH is 1. The van der Waals surface area contributed by atoms with Crippen LogP contribution in [0, 0.1) is 5.92 Å². The predicted molar refractivity (Wildman–Crippen MR) is 63.5 cm³/mol. The van der Waals surface area contributed by atoms with E-state index >= 15 is 0 Å². The first-order valence-electron chi connectivity index (χ1n) is 6.09. The zero-order valence-corrected chi connectivity index (χ0v) is 10.2. The summed E-state index contributed by atoms with van der Waals surface area (Å²) >= 11 is 0. The first-order chi connectivity index (χ1) is 8.20. The molecule has 1 aromatic rings. The number of hydrogen-bond acceptors (Lipinski definition) is 3. The van der Waals surface area contributed by atoms with Gasteiger partial charge in [-0.05, 0) is 25.2 Å². The number of imidazole rings is 1. The molecule has 0 bridgehead atoms. The van der Waals surface area contributed by atoms with E-state index in [1.807, 2.05) is 11.9 Å². The Morgan fingerprint density at radius 2 is 2.47 bits per heavy atom. The van der Waals surface area contributed by atoms with E-state index in [1.165, 1.54) is 0 Å². The highest BCUT2D eigenvalue weighted by atomic mass is 16.3. The van der Waals surface area contributed by atoms with E-state index in [9.17, 15) is 4.79 Å². The number of carbonyl (C=O) groups is 1. The maximum atomic E-state index is 12.2. The Kier molecular flexibility index (Phi) is 3.78. The summed E-state index contributed by atoms with van der Waals surface area (Å²) in [5.74, 6) is 0.439. The average molecular weight is 237 g/mol. The monoisotopic (exact) mass is 237 g/mol. The summed E-state index contributed by atoms with van der Waals surface area (Å²) in [6.07, 6.45) is 6.29. The lowest BCUT2D eigenvalue weighted by Gasteiger charge is -2.32. The molecule has 1 N–H and O–H groups in total. The van der Waals surface area contributed by atoms with Gasteiger partial charge in [-0.1, -0.05) is 0 Å². The number of nitrogens with zero attached hydrogens (tertiary/aromatic N) is 3. The normalized spacial score (nSPS) is 20.6. The topological polar surface area (TPSA) is 58.4 Å². The number of likely N-dealkylation sites (tertiary alicyclic amines) is 1. The molecule has 5 heteroatoms. The molecule has 1 aromatic heterocycles. The summed E-state index contributed by atoms with van der Waals surface area (Å²) < 4.78 is 1.78. The van der Waals surface area contributed by atoms with Crippen molar-refractivity contribution in [1.29, 1.82) is 0 Å². The van der Waals surface area contributed by atoms with Crippen LogP contribution in [0.5, 0.6) is 0 Å². The summed E-state index contributed by atoms with van der Waals surface area (Å²) in [6.45, 7) is 1.75. The number of hydrogen-bond donors (Lipinski definition) is 1. The molecule has 1 fully saturated rings. The fourth-order valence-corrected chi connectivity index (χ4v) is 2.35. The lowest BCUT2D eigenvalue weighted by atomic mass is 9.95. The Morgan fingerprint density at radius 3 is 3.12 bits per heavy atom. The molecule has 2 heterocycles. The van der Waals surface area contributed by atoms with Gasteiger partial charge in [0.1, 0.15) is 5.69 Å². The van der Waals surface area contributed by atoms with E-state index in [2.05, 4.69) is 4.98 Å². The molecule has 0 aromatic carbocycles. The van der Waals surface area contributed by atoms with E-state index in [-0.39, 0.29) is 12.5 Å². The minimum atomic E-state index is 0.00763. The van der Waals surface area contributed by atoms with Crippen molar-refractivity contribution in [2.24, 2.45) is 13.0 Å². The van der Waals surface area contributed by atoms with Crippen LogP contribution in [0.3, 0.4) is 0 Å². The van der Waals surface area contributed by atoms with Gasteiger partial charge in [-0.3, -0.25) is 4.79 Å². The highest BCUT2D eigenvalue weighted by Crippen LogP contribution is 2.20. The lowest BCUT2D eigenvalue weighted by Crippen LogP contribution is -2.40. The molecular weight excluding hydrogens is 218 g/mol. The van der Waals surface area contributed by atoms with Crippen LogP contribution in [0.1, 0.15) is 29.8 Å². The highest BCUT2D eigenvalue weighted by Gasteiger charge is 2.25. The average Bonchev–Trinajstić information content (AvgIpc) is 2.76. The summed E-state index contributed by atoms with van der Waals surface area (Å²) in [5, 5.41) is 8.94. The Balaban J connectivity index is 1.99. The molecule has 1 aliphatic heterocycles. The van der Waals surface area contributed by atoms with E-state index in [1.54, 1.807) is 17.1 Å². The Morgan fingerprint density at radius 1 is 1.65 bits per heavy atom. The second-order valence-corrected chi connectivity index (χ2v) is 4.70. The van der Waals surface area contributed by atoms with Gasteiger partial charge >= 0.3 is 0 Å². The second-order valence-electron chi connectivity index (χ2n) is 4.70. The van der Waals surface area contributed by atoms with Crippen LogP contribution in [0.4, 0.5) is 0 Å². The van der Waals surface area contributed by atoms with Crippen LogP contribution < -0.4 is 0 Å². The predicted octanol–water partition coefficient (Wildman–Crippen LogP) is 0.655. The van der Waals surface area contributed by atoms with Gasteiger partial charge in [0, 0.05) is 32.9 Å². The van der Waals surface area contributed by atoms with E-state index in [4.69, 9.17) is 5.11 Å². The minimum absolute atomic E-state index is 0.00763. The summed E-state index contributed by atoms with van der Waals surface area (Å²) in [5.41, 5.74) is 0.511. The number of aromatic nitrogens is 2. The van der Waals surface area contributed by atoms with Crippen molar-refractivity contribution >= 4 is 5.91 Å². The largest absolute Gasteiger partial charge is 0.396 e. The molecule has 94 valence electrons. The van der Waals surface area contributed by atoms with Gasteiger partial charge in [0.2, 0.25) is 0 Å². The van der Waals surface area contributed by atoms with Gasteiger partial charge < -0.3 is 14.6 Å². The fraction of sp³-hybridized carbons (Fsp3) is 0.667. The molecule has 1 unspecified atom stereocenters. The highest BCUT2D eigenvalue weighted by molar-refractivity contribution is 5.92. The second kappa shape index (κ2) is 5.31. The van der Waals surface area contributed by atoms with Gasteiger partial charge in [0.05, 0.1) is 6.33 Å². The van der Waals surface area contributed by atoms with E-state index < -0.39 is 0 Å². The maximum absolute atomic E-state index is 12.2. The molecule has 17 heavy (non-hydrogen) atoms. The Labute approximate surface area is 101 Å². The maximum Gasteiger partial charge on any atom is 0.274 e. The number of rotatable bonds is 3. The molecule has 1 saturated heterocycles. The van der Waals surface area contributed by atoms with Crippen LogP contribution in [0.25, 0.3) is 0 Å². The number of aliphatic hydroxyl groups is 1. The summed E-state index contributed by atoms with van der Waals surface area (Å²) in [7, 11) is 1.86. The zero-order valence-electron chi connectivity index (χ0n) is 10.2. The molecule has 1 amide bonds. The number of aryl methyl sites for hydroxylation is 1. The number of amides is 1. The van der Waals surface area contributed by atoms with Crippen molar-refractivity contribution in [3.8, 4) is 0 Å². The van der Waals surface area contributed by atoms with Gasteiger partial charge in [-0.2, -0.15) is 0 Å². The van der Waals surface area contributed by atoms with Crippen molar-refractivity contribution in [2.45, 2.75) is 19.3 Å². The minimum Gasteiger partial charge on any atom is -0.396 e. The third-order valence-corrected chi connectivity index (χ3v) is 3.27. The Bertz CT molecular complexity index is 387. The van der Waals surface area contributed by atoms with Crippen LogP contribution >= 0.6 is 0 Å². The summed E-state index contributed by atoms with van der Waals surface area (Å²) in [6, 6.07) is 0. The Hall–Kier alpha value is -1.36. The molecule has 5 nitrogen and oxygen atoms in total. The molecule has 0 radical (unpaired) electrons. The molecular formula is C12H19N3O2. The third kappa shape index (κ3) is 2.85. The fourth-order valence-electron chi connectivity index (χ4n) is 2.35. The van der Waals surface area contributed by atoms with Gasteiger partial charge in [0.15, 0.2) is 0 Å². The summed E-state index contributed by atoms with van der Waals surface area (Å²) in [4.78, 5) is 18.1. The van der Waals surface area contributed by atoms with Crippen LogP contribution in [0.2, 0.25) is 0 Å². The van der Waals surface area contributed by atoms with Crippen molar-refractivity contribution < 1.29 is 9.90 Å². The molecule has 0 spiro atoms. The van der Waals surface area contributed by atoms with Crippen molar-refractivity contribution in [1.82, 2.24) is 14.5 Å². The van der Waals surface area contributed by atoms with Crippen LogP contribution in [-0.2, 0) is 7.05 Å². The first kappa shape index (κ1) is 12.1. The van der Waals surface area contributed by atoms with Gasteiger partial charge in [-0.15, -0.1) is 0 Å². The van der Waals surface area contributed by atoms with Gasteiger partial charge in [0.25, 0.3) is 5.91 Å². The van der Waals surface area contributed by atoms with Gasteiger partial charge in [-0.25, -0.2) is 4.98 Å². The SMILES string of the molecule is Cn1cnc(C(=O)N2CCCC(CCO)C2)c1.